The van der Waals surface area contributed by atoms with Crippen LogP contribution >= 0.6 is 0 Å². The molecular weight excluding hydrogens is 849 g/mol. The summed E-state index contributed by atoms with van der Waals surface area (Å²) in [4.78, 5) is 5.05. The zero-order valence-electron chi connectivity index (χ0n) is 39.8. The van der Waals surface area contributed by atoms with Crippen molar-refractivity contribution >= 4 is 63.3 Å². The third kappa shape index (κ3) is 7.63. The van der Waals surface area contributed by atoms with Gasteiger partial charge in [0, 0.05) is 62.5 Å². The van der Waals surface area contributed by atoms with E-state index < -0.39 is 0 Å². The highest BCUT2D eigenvalue weighted by atomic mass is 15.2. The molecule has 5 aromatic carbocycles. The van der Waals surface area contributed by atoms with Crippen molar-refractivity contribution in [3.05, 3.63) is 245 Å². The number of fused-ring (bicyclic) bond motifs is 6. The van der Waals surface area contributed by atoms with E-state index in [-0.39, 0.29) is 6.04 Å². The number of benzene rings is 5. The lowest BCUT2D eigenvalue weighted by molar-refractivity contribution is 0.731. The lowest BCUT2D eigenvalue weighted by atomic mass is 9.87. The van der Waals surface area contributed by atoms with Crippen molar-refractivity contribution < 1.29 is 0 Å². The maximum Gasteiger partial charge on any atom is 0.0560 e. The number of hydrogen-bond acceptors (Lipinski definition) is 2. The highest BCUT2D eigenvalue weighted by Gasteiger charge is 2.30. The van der Waals surface area contributed by atoms with Gasteiger partial charge in [-0.3, -0.25) is 0 Å². The Balaban J connectivity index is 0.882. The second-order valence-electron chi connectivity index (χ2n) is 19.6. The number of aromatic nitrogens is 2. The Labute approximate surface area is 412 Å². The van der Waals surface area contributed by atoms with E-state index >= 15 is 0 Å². The minimum atomic E-state index is 0.214. The molecule has 4 heteroatoms. The van der Waals surface area contributed by atoms with E-state index in [0.717, 1.165) is 64.2 Å². The van der Waals surface area contributed by atoms with Crippen molar-refractivity contribution in [2.45, 2.75) is 70.3 Å². The average molecular weight is 907 g/mol. The molecule has 342 valence electrons. The van der Waals surface area contributed by atoms with E-state index in [1.165, 1.54) is 101 Å². The van der Waals surface area contributed by atoms with Crippen LogP contribution in [-0.2, 0) is 19.3 Å². The van der Waals surface area contributed by atoms with Gasteiger partial charge in [-0.1, -0.05) is 140 Å². The van der Waals surface area contributed by atoms with Crippen molar-refractivity contribution in [1.82, 2.24) is 9.13 Å². The molecule has 0 amide bonds. The molecule has 2 aromatic heterocycles. The summed E-state index contributed by atoms with van der Waals surface area (Å²) in [5.74, 6) is 0.461. The van der Waals surface area contributed by atoms with Gasteiger partial charge in [-0.05, 0) is 177 Å². The Hall–Kier alpha value is -7.82. The summed E-state index contributed by atoms with van der Waals surface area (Å²) in [6.45, 7) is 0. The molecule has 4 nitrogen and oxygen atoms in total. The predicted molar refractivity (Wildman–Crippen MR) is 296 cm³/mol. The first-order valence-electron chi connectivity index (χ1n) is 25.7. The smallest absolute Gasteiger partial charge is 0.0560 e. The van der Waals surface area contributed by atoms with Crippen LogP contribution in [-0.4, -0.2) is 15.2 Å². The molecule has 2 heterocycles. The molecule has 0 fully saturated rings. The molecule has 6 aliphatic carbocycles. The molecular formula is C66H58N4. The minimum Gasteiger partial charge on any atom is -0.334 e. The molecule has 0 aliphatic heterocycles. The van der Waals surface area contributed by atoms with E-state index in [0.29, 0.717) is 5.92 Å². The van der Waals surface area contributed by atoms with Crippen LogP contribution in [0.25, 0.3) is 51.7 Å². The monoisotopic (exact) mass is 906 g/mol. The van der Waals surface area contributed by atoms with E-state index in [9.17, 15) is 0 Å². The number of hydrogen-bond donors (Lipinski definition) is 0. The topological polar surface area (TPSA) is 16.3 Å². The lowest BCUT2D eigenvalue weighted by Crippen LogP contribution is -2.30. The molecule has 7 aromatic rings. The standard InChI is InChI=1S/C66H58N4/c1-5-17-47(18-6-1)49-29-33-53(34-30-49)67(51-21-9-3-10-22-51)57-41-43-61-59-25-13-15-27-63(59)69(65(61)45-57)55-37-39-56(40-38-55)70-64-28-16-14-26-60(64)62-44-42-58(46-66(62)70)68(52-23-11-4-12-24-52)54-35-31-50(32-36-54)48-19-7-2-8-20-48/h1-12,15-19,21-24,27-35,37,39,42,44-46,48,54H,13-14,20,25-26,36,38,40-41,43H2. The van der Waals surface area contributed by atoms with Crippen molar-refractivity contribution in [1.29, 1.82) is 0 Å². The third-order valence-electron chi connectivity index (χ3n) is 15.5. The number of anilines is 4. The molecule has 0 radical (unpaired) electrons. The summed E-state index contributed by atoms with van der Waals surface area (Å²) in [5, 5.41) is 1.37. The largest absolute Gasteiger partial charge is 0.334 e. The second kappa shape index (κ2) is 18.3. The summed E-state index contributed by atoms with van der Waals surface area (Å²) in [5.41, 5.74) is 22.7. The van der Waals surface area contributed by atoms with Crippen LogP contribution < -0.4 is 9.80 Å². The molecule has 0 saturated carbocycles. The molecule has 2 unspecified atom stereocenters. The summed E-state index contributed by atoms with van der Waals surface area (Å²) in [6.07, 6.45) is 43.6. The van der Waals surface area contributed by atoms with Crippen molar-refractivity contribution in [2.24, 2.45) is 5.92 Å². The third-order valence-corrected chi connectivity index (χ3v) is 15.5. The van der Waals surface area contributed by atoms with E-state index in [1.807, 2.05) is 0 Å². The van der Waals surface area contributed by atoms with Gasteiger partial charge in [0.2, 0.25) is 0 Å². The Kier molecular flexibility index (Phi) is 11.0. The van der Waals surface area contributed by atoms with Crippen LogP contribution in [0.5, 0.6) is 0 Å². The van der Waals surface area contributed by atoms with Crippen LogP contribution in [0.2, 0.25) is 0 Å². The van der Waals surface area contributed by atoms with Crippen molar-refractivity contribution in [2.75, 3.05) is 9.80 Å². The zero-order valence-corrected chi connectivity index (χ0v) is 39.8. The summed E-state index contributed by atoms with van der Waals surface area (Å²) < 4.78 is 5.24. The quantitative estimate of drug-likeness (QED) is 0.136. The first kappa shape index (κ1) is 42.3. The maximum atomic E-state index is 2.63. The van der Waals surface area contributed by atoms with Gasteiger partial charge in [0.1, 0.15) is 0 Å². The Bertz CT molecular complexity index is 3410. The van der Waals surface area contributed by atoms with Gasteiger partial charge in [0.05, 0.1) is 17.3 Å². The fourth-order valence-corrected chi connectivity index (χ4v) is 12.2. The van der Waals surface area contributed by atoms with Crippen molar-refractivity contribution in [3.63, 3.8) is 0 Å². The summed E-state index contributed by atoms with van der Waals surface area (Å²) in [7, 11) is 0. The molecule has 0 bridgehead atoms. The van der Waals surface area contributed by atoms with Crippen molar-refractivity contribution in [3.8, 4) is 11.1 Å². The molecule has 0 saturated heterocycles. The van der Waals surface area contributed by atoms with Crippen LogP contribution in [0.3, 0.4) is 0 Å². The number of nitrogens with zero attached hydrogens (tertiary/aromatic N) is 4. The van der Waals surface area contributed by atoms with E-state index in [2.05, 4.69) is 237 Å². The first-order chi connectivity index (χ1) is 34.7. The molecule has 70 heavy (non-hydrogen) atoms. The normalized spacial score (nSPS) is 18.9. The van der Waals surface area contributed by atoms with Gasteiger partial charge in [0.15, 0.2) is 0 Å². The maximum absolute atomic E-state index is 2.63. The Morgan fingerprint density at radius 3 is 1.81 bits per heavy atom. The number of para-hydroxylation sites is 2. The van der Waals surface area contributed by atoms with Gasteiger partial charge in [0.25, 0.3) is 0 Å². The Morgan fingerprint density at radius 2 is 1.11 bits per heavy atom. The predicted octanol–water partition coefficient (Wildman–Crippen LogP) is 16.9. The van der Waals surface area contributed by atoms with Crippen LogP contribution in [0.15, 0.2) is 212 Å². The molecule has 6 aliphatic rings. The molecule has 13 rings (SSSR count). The SMILES string of the molecule is C1=CCC(C2=CCC(N(c3ccccc3)c3ccc4c5c(n(C6=CC=C(n7c8c(c9c7C=C(N(c7ccccc7)c7ccc(-c%10ccccc%10)cc7)CC9)CCC=C8)CC6)c4c3)C=CCC5)C=C2)C=C1. The highest BCUT2D eigenvalue weighted by Crippen LogP contribution is 2.45. The zero-order chi connectivity index (χ0) is 46.4. The second-order valence-corrected chi connectivity index (χ2v) is 19.6. The fourth-order valence-electron chi connectivity index (χ4n) is 12.2. The molecule has 0 N–H and O–H groups in total. The van der Waals surface area contributed by atoms with Crippen LogP contribution in [0, 0.1) is 5.92 Å². The first-order valence-corrected chi connectivity index (χ1v) is 25.7. The van der Waals surface area contributed by atoms with Crippen LogP contribution in [0.1, 0.15) is 78.7 Å². The fraction of sp³-hybridized carbons (Fsp3) is 0.182. The summed E-state index contributed by atoms with van der Waals surface area (Å²) in [6, 6.07) is 49.3. The number of allylic oxidation sites excluding steroid dienone is 13. The number of rotatable bonds is 10. The Morgan fingerprint density at radius 1 is 0.471 bits per heavy atom. The minimum absolute atomic E-state index is 0.214. The van der Waals surface area contributed by atoms with Crippen LogP contribution in [0.4, 0.5) is 22.7 Å². The lowest BCUT2D eigenvalue weighted by Gasteiger charge is -2.34. The average Bonchev–Trinajstić information content (AvgIpc) is 3.95. The summed E-state index contributed by atoms with van der Waals surface area (Å²) >= 11 is 0. The van der Waals surface area contributed by atoms with E-state index in [4.69, 9.17) is 0 Å². The van der Waals surface area contributed by atoms with Gasteiger partial charge < -0.3 is 18.9 Å². The van der Waals surface area contributed by atoms with Gasteiger partial charge in [-0.2, -0.15) is 0 Å². The van der Waals surface area contributed by atoms with Gasteiger partial charge in [-0.15, -0.1) is 0 Å². The van der Waals surface area contributed by atoms with Gasteiger partial charge in [-0.25, -0.2) is 0 Å². The number of aryl methyl sites for hydroxylation is 1. The van der Waals surface area contributed by atoms with E-state index in [1.54, 1.807) is 0 Å². The molecule has 2 atom stereocenters. The van der Waals surface area contributed by atoms with Gasteiger partial charge >= 0.3 is 0 Å². The molecule has 0 spiro atoms. The highest BCUT2D eigenvalue weighted by molar-refractivity contribution is 5.95.